The molecule has 1 heterocycles. The predicted octanol–water partition coefficient (Wildman–Crippen LogP) is 3.37. The molecule has 2 aliphatic rings. The summed E-state index contributed by atoms with van der Waals surface area (Å²) >= 11 is 0. The number of hydrogen-bond donors (Lipinski definition) is 0. The summed E-state index contributed by atoms with van der Waals surface area (Å²) in [4.78, 5) is 0. The lowest BCUT2D eigenvalue weighted by molar-refractivity contribution is 0.139. The molecule has 0 atom stereocenters. The Morgan fingerprint density at radius 1 is 1.25 bits per heavy atom. The van der Waals surface area contributed by atoms with Crippen molar-refractivity contribution in [3.05, 3.63) is 11.5 Å². The minimum absolute atomic E-state index is 0.0112. The van der Waals surface area contributed by atoms with Crippen LogP contribution in [0, 0.1) is 5.92 Å². The summed E-state index contributed by atoms with van der Waals surface area (Å²) in [7, 11) is -0.0112. The Hall–Kier alpha value is -0.275. The molecule has 2 rings (SSSR count). The molecule has 2 nitrogen and oxygen atoms in total. The first-order valence-corrected chi connectivity index (χ1v) is 6.85. The summed E-state index contributed by atoms with van der Waals surface area (Å²) in [6.45, 7) is 3.98. The van der Waals surface area contributed by atoms with Crippen molar-refractivity contribution in [3.8, 4) is 0 Å². The van der Waals surface area contributed by atoms with E-state index in [-0.39, 0.29) is 7.12 Å². The van der Waals surface area contributed by atoms with Crippen LogP contribution in [0.5, 0.6) is 0 Å². The summed E-state index contributed by atoms with van der Waals surface area (Å²) in [6.07, 6.45) is 11.2. The first-order chi connectivity index (χ1) is 7.92. The molecule has 0 aromatic heterocycles. The quantitative estimate of drug-likeness (QED) is 0.506. The van der Waals surface area contributed by atoms with Crippen molar-refractivity contribution >= 4 is 7.12 Å². The van der Waals surface area contributed by atoms with Crippen molar-refractivity contribution in [2.45, 2.75) is 51.9 Å². The maximum atomic E-state index is 5.71. The van der Waals surface area contributed by atoms with Crippen LogP contribution in [0.1, 0.15) is 51.9 Å². The molecule has 3 heteroatoms. The van der Waals surface area contributed by atoms with Crippen molar-refractivity contribution in [2.75, 3.05) is 13.2 Å². The van der Waals surface area contributed by atoms with Crippen molar-refractivity contribution in [1.29, 1.82) is 0 Å². The Labute approximate surface area is 99.5 Å². The van der Waals surface area contributed by atoms with Gasteiger partial charge in [0.2, 0.25) is 0 Å². The molecule has 90 valence electrons. The zero-order valence-corrected chi connectivity index (χ0v) is 10.4. The van der Waals surface area contributed by atoms with E-state index in [1.54, 1.807) is 0 Å². The highest BCUT2D eigenvalue weighted by molar-refractivity contribution is 6.54. The Balaban J connectivity index is 1.83. The zero-order chi connectivity index (χ0) is 11.2. The SMILES string of the molecule is CCCCC/C=C(\B1OCCCO1)C1CC1. The Kier molecular flexibility index (Phi) is 4.92. The second-order valence-electron chi connectivity index (χ2n) is 4.90. The van der Waals surface area contributed by atoms with E-state index < -0.39 is 0 Å². The molecule has 1 aliphatic heterocycles. The van der Waals surface area contributed by atoms with Crippen LogP contribution in [0.25, 0.3) is 0 Å². The minimum Gasteiger partial charge on any atom is -0.407 e. The molecular formula is C13H23BO2. The van der Waals surface area contributed by atoms with E-state index in [2.05, 4.69) is 13.0 Å². The topological polar surface area (TPSA) is 18.5 Å². The van der Waals surface area contributed by atoms with E-state index in [4.69, 9.17) is 9.31 Å². The van der Waals surface area contributed by atoms with Gasteiger partial charge in [0.1, 0.15) is 0 Å². The van der Waals surface area contributed by atoms with Gasteiger partial charge in [0, 0.05) is 13.2 Å². The maximum Gasteiger partial charge on any atom is 0.489 e. The van der Waals surface area contributed by atoms with Crippen LogP contribution in [0.2, 0.25) is 0 Å². The van der Waals surface area contributed by atoms with Gasteiger partial charge in [0.15, 0.2) is 0 Å². The highest BCUT2D eigenvalue weighted by Gasteiger charge is 2.37. The van der Waals surface area contributed by atoms with E-state index in [9.17, 15) is 0 Å². The molecule has 0 unspecified atom stereocenters. The maximum absolute atomic E-state index is 5.71. The lowest BCUT2D eigenvalue weighted by Crippen LogP contribution is -2.32. The lowest BCUT2D eigenvalue weighted by Gasteiger charge is -2.22. The average Bonchev–Trinajstić information content (AvgIpc) is 3.15. The molecule has 1 saturated heterocycles. The molecule has 16 heavy (non-hydrogen) atoms. The van der Waals surface area contributed by atoms with Crippen LogP contribution in [0.15, 0.2) is 11.5 Å². The summed E-state index contributed by atoms with van der Waals surface area (Å²) in [5.41, 5.74) is 1.44. The third kappa shape index (κ3) is 3.64. The monoisotopic (exact) mass is 222 g/mol. The van der Waals surface area contributed by atoms with Crippen molar-refractivity contribution < 1.29 is 9.31 Å². The van der Waals surface area contributed by atoms with E-state index in [0.717, 1.165) is 25.6 Å². The van der Waals surface area contributed by atoms with Crippen LogP contribution in [-0.2, 0) is 9.31 Å². The number of rotatable bonds is 6. The van der Waals surface area contributed by atoms with Gasteiger partial charge < -0.3 is 9.31 Å². The summed E-state index contributed by atoms with van der Waals surface area (Å²) in [5.74, 6) is 0.768. The molecule has 1 saturated carbocycles. The summed E-state index contributed by atoms with van der Waals surface area (Å²) < 4.78 is 11.4. The average molecular weight is 222 g/mol. The minimum atomic E-state index is -0.0112. The predicted molar refractivity (Wildman–Crippen MR) is 67.2 cm³/mol. The van der Waals surface area contributed by atoms with E-state index >= 15 is 0 Å². The van der Waals surface area contributed by atoms with Crippen LogP contribution in [-0.4, -0.2) is 20.3 Å². The second kappa shape index (κ2) is 6.46. The van der Waals surface area contributed by atoms with Crippen LogP contribution in [0.4, 0.5) is 0 Å². The molecule has 1 aliphatic carbocycles. The number of allylic oxidation sites excluding steroid dienone is 2. The molecule has 0 radical (unpaired) electrons. The van der Waals surface area contributed by atoms with Gasteiger partial charge in [-0.15, -0.1) is 0 Å². The van der Waals surface area contributed by atoms with Gasteiger partial charge in [-0.3, -0.25) is 0 Å². The van der Waals surface area contributed by atoms with Gasteiger partial charge in [0.25, 0.3) is 0 Å². The third-order valence-electron chi connectivity index (χ3n) is 3.34. The molecule has 0 aromatic carbocycles. The van der Waals surface area contributed by atoms with Crippen molar-refractivity contribution in [3.63, 3.8) is 0 Å². The number of hydrogen-bond acceptors (Lipinski definition) is 2. The molecular weight excluding hydrogens is 199 g/mol. The lowest BCUT2D eigenvalue weighted by atomic mass is 9.73. The van der Waals surface area contributed by atoms with Crippen LogP contribution >= 0.6 is 0 Å². The highest BCUT2D eigenvalue weighted by Crippen LogP contribution is 2.38. The fraction of sp³-hybridized carbons (Fsp3) is 0.846. The standard InChI is InChI=1S/C13H23BO2/c1-2-3-4-5-7-13(12-8-9-12)14-15-10-6-11-16-14/h7,12H,2-6,8-11H2,1H3/b13-7-. The van der Waals surface area contributed by atoms with Gasteiger partial charge in [0.05, 0.1) is 0 Å². The van der Waals surface area contributed by atoms with E-state index in [0.29, 0.717) is 0 Å². The van der Waals surface area contributed by atoms with Gasteiger partial charge in [-0.2, -0.15) is 0 Å². The molecule has 0 spiro atoms. The van der Waals surface area contributed by atoms with Crippen LogP contribution < -0.4 is 0 Å². The van der Waals surface area contributed by atoms with Crippen molar-refractivity contribution in [1.82, 2.24) is 0 Å². The van der Waals surface area contributed by atoms with Gasteiger partial charge in [-0.1, -0.05) is 25.8 Å². The fourth-order valence-corrected chi connectivity index (χ4v) is 2.22. The first kappa shape index (κ1) is 12.2. The van der Waals surface area contributed by atoms with Crippen molar-refractivity contribution in [2.24, 2.45) is 5.92 Å². The largest absolute Gasteiger partial charge is 0.489 e. The zero-order valence-electron chi connectivity index (χ0n) is 10.4. The molecule has 0 aromatic rings. The molecule has 0 bridgehead atoms. The Bertz CT molecular complexity index is 230. The Morgan fingerprint density at radius 2 is 2.00 bits per heavy atom. The van der Waals surface area contributed by atoms with E-state index in [1.165, 1.54) is 44.0 Å². The normalized spacial score (nSPS) is 22.6. The van der Waals surface area contributed by atoms with Gasteiger partial charge in [-0.05, 0) is 43.5 Å². The molecule has 2 fully saturated rings. The number of unbranched alkanes of at least 4 members (excludes halogenated alkanes) is 3. The van der Waals surface area contributed by atoms with Crippen LogP contribution in [0.3, 0.4) is 0 Å². The van der Waals surface area contributed by atoms with Gasteiger partial charge in [-0.25, -0.2) is 0 Å². The summed E-state index contributed by atoms with van der Waals surface area (Å²) in [5, 5.41) is 0. The highest BCUT2D eigenvalue weighted by atomic mass is 16.6. The molecule has 0 N–H and O–H groups in total. The molecule has 0 amide bonds. The summed E-state index contributed by atoms with van der Waals surface area (Å²) in [6, 6.07) is 0. The third-order valence-corrected chi connectivity index (χ3v) is 3.34. The van der Waals surface area contributed by atoms with E-state index in [1.807, 2.05) is 0 Å². The second-order valence-corrected chi connectivity index (χ2v) is 4.90. The first-order valence-electron chi connectivity index (χ1n) is 6.85. The smallest absolute Gasteiger partial charge is 0.407 e. The Morgan fingerprint density at radius 3 is 2.62 bits per heavy atom. The van der Waals surface area contributed by atoms with Gasteiger partial charge >= 0.3 is 7.12 Å². The fourth-order valence-electron chi connectivity index (χ4n) is 2.22.